The van der Waals surface area contributed by atoms with Crippen molar-refractivity contribution >= 4 is 0 Å². The molecule has 1 aliphatic carbocycles. The van der Waals surface area contributed by atoms with Crippen LogP contribution in [0.2, 0.25) is 0 Å². The molecule has 0 bridgehead atoms. The zero-order valence-corrected chi connectivity index (χ0v) is 29.3. The molecule has 0 aromatic carbocycles. The van der Waals surface area contributed by atoms with E-state index in [1.54, 1.807) is 5.57 Å². The first-order valence-electron chi connectivity index (χ1n) is 17.0. The molecule has 0 aliphatic heterocycles. The lowest BCUT2D eigenvalue weighted by molar-refractivity contribution is 0.144. The van der Waals surface area contributed by atoms with Crippen molar-refractivity contribution in [3.8, 4) is 0 Å². The summed E-state index contributed by atoms with van der Waals surface area (Å²) in [5.41, 5.74) is 1.56. The highest BCUT2D eigenvalue weighted by Crippen LogP contribution is 2.42. The molecule has 37 heavy (non-hydrogen) atoms. The molecule has 0 aromatic rings. The Morgan fingerprint density at radius 1 is 0.703 bits per heavy atom. The largest absolute Gasteiger partial charge is 0.0993 e. The summed E-state index contributed by atoms with van der Waals surface area (Å²) in [4.78, 5) is 0. The number of rotatable bonds is 13. The van der Waals surface area contributed by atoms with Crippen molar-refractivity contribution in [3.05, 3.63) is 12.2 Å². The van der Waals surface area contributed by atoms with Gasteiger partial charge in [-0.2, -0.15) is 0 Å². The lowest BCUT2D eigenvalue weighted by Crippen LogP contribution is -2.27. The molecule has 1 aliphatic rings. The number of hydrogen-bond donors (Lipinski definition) is 0. The molecule has 0 heterocycles. The van der Waals surface area contributed by atoms with E-state index in [1.807, 2.05) is 13.8 Å². The third kappa shape index (κ3) is 17.1. The van der Waals surface area contributed by atoms with Gasteiger partial charge in [0.05, 0.1) is 0 Å². The molecule has 0 radical (unpaired) electrons. The van der Waals surface area contributed by atoms with Gasteiger partial charge >= 0.3 is 0 Å². The molecule has 6 unspecified atom stereocenters. The van der Waals surface area contributed by atoms with Crippen LogP contribution in [0.25, 0.3) is 0 Å². The van der Waals surface area contributed by atoms with E-state index in [2.05, 4.69) is 104 Å². The highest BCUT2D eigenvalue weighted by Gasteiger charge is 2.30. The van der Waals surface area contributed by atoms with Crippen LogP contribution in [0, 0.1) is 59.2 Å². The molecule has 0 heteroatoms. The Kier molecular flexibility index (Phi) is 27.6. The van der Waals surface area contributed by atoms with E-state index in [-0.39, 0.29) is 0 Å². The Morgan fingerprint density at radius 3 is 1.49 bits per heavy atom. The molecule has 0 nitrogen and oxygen atoms in total. The zero-order chi connectivity index (χ0) is 29.7. The van der Waals surface area contributed by atoms with Crippen molar-refractivity contribution in [1.82, 2.24) is 0 Å². The second kappa shape index (κ2) is 24.8. The van der Waals surface area contributed by atoms with Crippen LogP contribution in [0.5, 0.6) is 0 Å². The summed E-state index contributed by atoms with van der Waals surface area (Å²) in [6.45, 7) is 41.1. The van der Waals surface area contributed by atoms with Gasteiger partial charge in [0.1, 0.15) is 0 Å². The summed E-state index contributed by atoms with van der Waals surface area (Å²) in [7, 11) is 0. The molecule has 1 saturated carbocycles. The van der Waals surface area contributed by atoms with Crippen LogP contribution in [0.3, 0.4) is 0 Å². The first kappa shape index (κ1) is 41.2. The maximum absolute atomic E-state index is 4.37. The first-order valence-corrected chi connectivity index (χ1v) is 17.0. The summed E-state index contributed by atoms with van der Waals surface area (Å²) in [5.74, 6) is 8.65. The lowest BCUT2D eigenvalue weighted by atomic mass is 9.70. The molecular weight excluding hydrogens is 444 g/mol. The number of allylic oxidation sites excluding steroid dienone is 1. The van der Waals surface area contributed by atoms with E-state index < -0.39 is 0 Å². The average molecular weight is 523 g/mol. The van der Waals surface area contributed by atoms with Gasteiger partial charge in [-0.1, -0.05) is 142 Å². The van der Waals surface area contributed by atoms with Crippen molar-refractivity contribution in [3.63, 3.8) is 0 Å². The van der Waals surface area contributed by atoms with Crippen LogP contribution in [-0.2, 0) is 0 Å². The summed E-state index contributed by atoms with van der Waals surface area (Å²) in [6.07, 6.45) is 12.2. The molecule has 0 N–H and O–H groups in total. The van der Waals surface area contributed by atoms with E-state index in [0.29, 0.717) is 0 Å². The monoisotopic (exact) mass is 523 g/mol. The van der Waals surface area contributed by atoms with Crippen LogP contribution in [0.1, 0.15) is 169 Å². The fourth-order valence-corrected chi connectivity index (χ4v) is 6.13. The maximum Gasteiger partial charge on any atom is -0.0200 e. The van der Waals surface area contributed by atoms with Crippen LogP contribution < -0.4 is 0 Å². The fraction of sp³-hybridized carbons (Fsp3) is 0.946. The van der Waals surface area contributed by atoms with Gasteiger partial charge in [-0.15, -0.1) is 0 Å². The molecule has 1 fully saturated rings. The van der Waals surface area contributed by atoms with Crippen LogP contribution in [0.15, 0.2) is 12.2 Å². The molecule has 1 rings (SSSR count). The van der Waals surface area contributed by atoms with Gasteiger partial charge in [0.2, 0.25) is 0 Å². The zero-order valence-electron chi connectivity index (χ0n) is 29.3. The topological polar surface area (TPSA) is 0 Å². The van der Waals surface area contributed by atoms with Crippen molar-refractivity contribution in [1.29, 1.82) is 0 Å². The molecule has 0 spiro atoms. The highest BCUT2D eigenvalue weighted by atomic mass is 14.4. The Hall–Kier alpha value is -0.260. The summed E-state index contributed by atoms with van der Waals surface area (Å²) in [6, 6.07) is 0. The van der Waals surface area contributed by atoms with Gasteiger partial charge in [0.15, 0.2) is 0 Å². The van der Waals surface area contributed by atoms with E-state index in [4.69, 9.17) is 0 Å². The smallest absolute Gasteiger partial charge is 0.0200 e. The Bertz CT molecular complexity index is 480. The minimum atomic E-state index is 0.779. The van der Waals surface area contributed by atoms with E-state index in [9.17, 15) is 0 Å². The molecular formula is C37H78. The summed E-state index contributed by atoms with van der Waals surface area (Å²) >= 11 is 0. The Morgan fingerprint density at radius 2 is 1.19 bits per heavy atom. The van der Waals surface area contributed by atoms with E-state index in [0.717, 1.165) is 59.2 Å². The van der Waals surface area contributed by atoms with Gasteiger partial charge in [-0.3, -0.25) is 0 Å². The van der Waals surface area contributed by atoms with Crippen molar-refractivity contribution < 1.29 is 0 Å². The summed E-state index contributed by atoms with van der Waals surface area (Å²) in [5, 5.41) is 0. The quantitative estimate of drug-likeness (QED) is 0.211. The Labute approximate surface area is 239 Å². The van der Waals surface area contributed by atoms with Crippen molar-refractivity contribution in [2.75, 3.05) is 0 Å². The maximum atomic E-state index is 4.37. The van der Waals surface area contributed by atoms with Gasteiger partial charge < -0.3 is 0 Å². The average Bonchev–Trinajstić information content (AvgIpc) is 3.37. The van der Waals surface area contributed by atoms with Gasteiger partial charge in [0, 0.05) is 0 Å². The third-order valence-electron chi connectivity index (χ3n) is 9.59. The minimum Gasteiger partial charge on any atom is -0.0993 e. The standard InChI is InChI=1S/C17H36.C15H28.C3H8.C2H6/c1-9-14(7)17(15(8)12(3)4)11-16(10-2)13(5)6;1-6-13(7-2)12(5)15-9-8-14(10-15)11(3)4;1-3-2;1-2/h12-17H,9-11H2,1-8H3;11,13-15H,5-10H2,1-4H3;3H2,1-2H3;1-2H3. The van der Waals surface area contributed by atoms with Crippen LogP contribution in [0.4, 0.5) is 0 Å². The second-order valence-electron chi connectivity index (χ2n) is 13.1. The third-order valence-corrected chi connectivity index (χ3v) is 9.59. The first-order chi connectivity index (χ1) is 17.4. The predicted molar refractivity (Wildman–Crippen MR) is 176 cm³/mol. The van der Waals surface area contributed by atoms with E-state index >= 15 is 0 Å². The van der Waals surface area contributed by atoms with Gasteiger partial charge in [-0.05, 0) is 97.7 Å². The van der Waals surface area contributed by atoms with Crippen LogP contribution >= 0.6 is 0 Å². The van der Waals surface area contributed by atoms with E-state index in [1.165, 1.54) is 57.8 Å². The molecule has 6 atom stereocenters. The highest BCUT2D eigenvalue weighted by molar-refractivity contribution is 5.08. The predicted octanol–water partition coefficient (Wildman–Crippen LogP) is 13.5. The summed E-state index contributed by atoms with van der Waals surface area (Å²) < 4.78 is 0. The van der Waals surface area contributed by atoms with Gasteiger partial charge in [0.25, 0.3) is 0 Å². The molecule has 0 saturated heterocycles. The van der Waals surface area contributed by atoms with Gasteiger partial charge in [-0.25, -0.2) is 0 Å². The van der Waals surface area contributed by atoms with Crippen LogP contribution in [-0.4, -0.2) is 0 Å². The molecule has 0 aromatic heterocycles. The molecule has 0 amide bonds. The number of hydrogen-bond acceptors (Lipinski definition) is 0. The Balaban J connectivity index is -0.000000534. The van der Waals surface area contributed by atoms with Crippen molar-refractivity contribution in [2.24, 2.45) is 59.2 Å². The molecule has 226 valence electrons. The fourth-order valence-electron chi connectivity index (χ4n) is 6.13. The van der Waals surface area contributed by atoms with Crippen molar-refractivity contribution in [2.45, 2.75) is 169 Å². The normalized spacial score (nSPS) is 20.3. The SMILES string of the molecule is C=C(C(CC)CC)C1CCC(C(C)C)C1.CC.CCC.CCC(C)C(CC(CC)C(C)C)C(C)C(C)C. The minimum absolute atomic E-state index is 0.779. The second-order valence-corrected chi connectivity index (χ2v) is 13.1. The lowest BCUT2D eigenvalue weighted by Gasteiger charge is -2.35.